The highest BCUT2D eigenvalue weighted by Gasteiger charge is 2.34. The van der Waals surface area contributed by atoms with E-state index in [4.69, 9.17) is 0 Å². The number of carbonyl (C=O) groups is 1. The molecule has 0 bridgehead atoms. The van der Waals surface area contributed by atoms with E-state index in [9.17, 15) is 15.0 Å². The van der Waals surface area contributed by atoms with Gasteiger partial charge in [0.15, 0.2) is 6.17 Å². The third-order valence-electron chi connectivity index (χ3n) is 4.39. The van der Waals surface area contributed by atoms with E-state index in [0.717, 1.165) is 0 Å². The molecule has 0 saturated heterocycles. The second kappa shape index (κ2) is 6.84. The second-order valence-electron chi connectivity index (χ2n) is 6.10. The van der Waals surface area contributed by atoms with Crippen LogP contribution in [0.1, 0.15) is 27.7 Å². The topological polar surface area (TPSA) is 85.2 Å². The van der Waals surface area contributed by atoms with Gasteiger partial charge in [-0.1, -0.05) is 42.5 Å². The van der Waals surface area contributed by atoms with Crippen molar-refractivity contribution in [2.75, 3.05) is 5.32 Å². The molecule has 0 unspecified atom stereocenters. The number of nitrogens with zero attached hydrogens (tertiary/aromatic N) is 2. The largest absolute Gasteiger partial charge is 0.508 e. The zero-order valence-electron chi connectivity index (χ0n) is 14.3. The van der Waals surface area contributed by atoms with E-state index in [1.165, 1.54) is 11.2 Å². The van der Waals surface area contributed by atoms with Gasteiger partial charge in [-0.25, -0.2) is 5.01 Å². The fraction of sp³-hybridized carbons (Fsp3) is 0.0476. The molecule has 1 aliphatic rings. The van der Waals surface area contributed by atoms with Crippen LogP contribution in [0.2, 0.25) is 0 Å². The number of benzene rings is 3. The summed E-state index contributed by atoms with van der Waals surface area (Å²) in [6, 6.07) is 20.7. The van der Waals surface area contributed by atoms with Crippen molar-refractivity contribution < 1.29 is 15.0 Å². The van der Waals surface area contributed by atoms with E-state index in [0.29, 0.717) is 22.4 Å². The van der Waals surface area contributed by atoms with Gasteiger partial charge >= 0.3 is 0 Å². The lowest BCUT2D eigenvalue weighted by Crippen LogP contribution is -2.39. The van der Waals surface area contributed by atoms with Gasteiger partial charge in [-0.3, -0.25) is 4.79 Å². The molecular weight excluding hydrogens is 342 g/mol. The molecule has 0 saturated carbocycles. The predicted octanol–water partition coefficient (Wildman–Crippen LogP) is 3.70. The molecule has 1 atom stereocenters. The number of phenols is 2. The van der Waals surface area contributed by atoms with Gasteiger partial charge in [0.05, 0.1) is 11.8 Å². The van der Waals surface area contributed by atoms with Crippen molar-refractivity contribution in [2.45, 2.75) is 6.17 Å². The first-order chi connectivity index (χ1) is 13.1. The molecule has 0 radical (unpaired) electrons. The lowest BCUT2D eigenvalue weighted by Gasteiger charge is -2.34. The lowest BCUT2D eigenvalue weighted by atomic mass is 10.0. The third-order valence-corrected chi connectivity index (χ3v) is 4.39. The Balaban J connectivity index is 1.79. The van der Waals surface area contributed by atoms with Gasteiger partial charge in [0.1, 0.15) is 11.5 Å². The number of amides is 1. The van der Waals surface area contributed by atoms with Crippen LogP contribution in [-0.4, -0.2) is 27.3 Å². The maximum absolute atomic E-state index is 13.0. The number of para-hydroxylation sites is 3. The van der Waals surface area contributed by atoms with Crippen LogP contribution in [0.3, 0.4) is 0 Å². The Morgan fingerprint density at radius 2 is 1.56 bits per heavy atom. The minimum atomic E-state index is -0.685. The van der Waals surface area contributed by atoms with Crippen LogP contribution in [0.25, 0.3) is 0 Å². The summed E-state index contributed by atoms with van der Waals surface area (Å²) in [6.45, 7) is 0. The third kappa shape index (κ3) is 3.08. The molecule has 3 aromatic carbocycles. The van der Waals surface area contributed by atoms with Gasteiger partial charge in [-0.15, -0.1) is 0 Å². The maximum atomic E-state index is 13.0. The second-order valence-corrected chi connectivity index (χ2v) is 6.10. The van der Waals surface area contributed by atoms with Gasteiger partial charge in [0.25, 0.3) is 5.91 Å². The molecule has 1 amide bonds. The average molecular weight is 359 g/mol. The minimum Gasteiger partial charge on any atom is -0.508 e. The van der Waals surface area contributed by atoms with Gasteiger partial charge < -0.3 is 15.5 Å². The van der Waals surface area contributed by atoms with Gasteiger partial charge in [0, 0.05) is 16.8 Å². The van der Waals surface area contributed by atoms with Crippen molar-refractivity contribution in [1.29, 1.82) is 0 Å². The van der Waals surface area contributed by atoms with Crippen LogP contribution in [0.5, 0.6) is 11.5 Å². The van der Waals surface area contributed by atoms with E-state index in [2.05, 4.69) is 10.4 Å². The minimum absolute atomic E-state index is 0.0601. The SMILES string of the molecule is O=C1c2ccccc2N[C@H](c2ccccc2O)N1/N=C/c1ccccc1O. The fourth-order valence-corrected chi connectivity index (χ4v) is 3.01. The summed E-state index contributed by atoms with van der Waals surface area (Å²) in [5, 5.41) is 29.1. The number of hydrogen-bond acceptors (Lipinski definition) is 5. The van der Waals surface area contributed by atoms with Crippen LogP contribution in [0, 0.1) is 0 Å². The summed E-state index contributed by atoms with van der Waals surface area (Å²) in [7, 11) is 0. The molecule has 1 aliphatic heterocycles. The van der Waals surface area contributed by atoms with Crippen LogP contribution in [-0.2, 0) is 0 Å². The number of aromatic hydroxyl groups is 2. The Labute approximate surface area is 156 Å². The molecule has 3 N–H and O–H groups in total. The summed E-state index contributed by atoms with van der Waals surface area (Å²) in [5.74, 6) is -0.174. The monoisotopic (exact) mass is 359 g/mol. The highest BCUT2D eigenvalue weighted by Crippen LogP contribution is 2.36. The Hall–Kier alpha value is -3.80. The molecule has 0 aromatic heterocycles. The number of carbonyl (C=O) groups excluding carboxylic acids is 1. The van der Waals surface area contributed by atoms with Crippen molar-refractivity contribution in [3.05, 3.63) is 89.5 Å². The van der Waals surface area contributed by atoms with Crippen molar-refractivity contribution in [3.8, 4) is 11.5 Å². The van der Waals surface area contributed by atoms with E-state index in [1.54, 1.807) is 60.7 Å². The first-order valence-corrected chi connectivity index (χ1v) is 8.44. The normalized spacial score (nSPS) is 16.2. The summed E-state index contributed by atoms with van der Waals surface area (Å²) in [6.07, 6.45) is 0.742. The summed E-state index contributed by atoms with van der Waals surface area (Å²) in [5.41, 5.74) is 2.17. The number of nitrogens with one attached hydrogen (secondary N) is 1. The van der Waals surface area contributed by atoms with Crippen molar-refractivity contribution in [2.24, 2.45) is 5.10 Å². The molecule has 3 aromatic rings. The van der Waals surface area contributed by atoms with Gasteiger partial charge in [-0.05, 0) is 30.3 Å². The summed E-state index contributed by atoms with van der Waals surface area (Å²) >= 11 is 0. The van der Waals surface area contributed by atoms with Gasteiger partial charge in [0.2, 0.25) is 0 Å². The fourth-order valence-electron chi connectivity index (χ4n) is 3.01. The Morgan fingerprint density at radius 1 is 0.889 bits per heavy atom. The average Bonchev–Trinajstić information content (AvgIpc) is 2.69. The molecular formula is C21H17N3O3. The van der Waals surface area contributed by atoms with Crippen molar-refractivity contribution in [3.63, 3.8) is 0 Å². The van der Waals surface area contributed by atoms with E-state index in [-0.39, 0.29) is 17.4 Å². The smallest absolute Gasteiger partial charge is 0.278 e. The lowest BCUT2D eigenvalue weighted by molar-refractivity contribution is 0.0689. The number of hydrazone groups is 1. The molecule has 0 fully saturated rings. The molecule has 134 valence electrons. The quantitative estimate of drug-likeness (QED) is 0.623. The molecule has 1 heterocycles. The summed E-state index contributed by atoms with van der Waals surface area (Å²) in [4.78, 5) is 13.0. The number of phenolic OH excluding ortho intramolecular Hbond substituents is 2. The number of anilines is 1. The molecule has 6 heteroatoms. The molecule has 4 rings (SSSR count). The Morgan fingerprint density at radius 3 is 2.33 bits per heavy atom. The van der Waals surface area contributed by atoms with Crippen LogP contribution in [0.4, 0.5) is 5.69 Å². The van der Waals surface area contributed by atoms with Crippen LogP contribution < -0.4 is 5.32 Å². The maximum Gasteiger partial charge on any atom is 0.278 e. The highest BCUT2D eigenvalue weighted by molar-refractivity contribution is 6.02. The number of fused-ring (bicyclic) bond motifs is 1. The zero-order valence-corrected chi connectivity index (χ0v) is 14.3. The first kappa shape index (κ1) is 16.7. The predicted molar refractivity (Wildman–Crippen MR) is 103 cm³/mol. The van der Waals surface area contributed by atoms with E-state index < -0.39 is 6.17 Å². The molecule has 27 heavy (non-hydrogen) atoms. The molecule has 6 nitrogen and oxygen atoms in total. The summed E-state index contributed by atoms with van der Waals surface area (Å²) < 4.78 is 0. The van der Waals surface area contributed by atoms with Gasteiger partial charge in [-0.2, -0.15) is 5.10 Å². The zero-order chi connectivity index (χ0) is 18.8. The molecule has 0 aliphatic carbocycles. The van der Waals surface area contributed by atoms with Crippen LogP contribution in [0.15, 0.2) is 77.9 Å². The number of rotatable bonds is 3. The first-order valence-electron chi connectivity index (χ1n) is 8.44. The van der Waals surface area contributed by atoms with E-state index >= 15 is 0 Å². The molecule has 0 spiro atoms. The van der Waals surface area contributed by atoms with Crippen molar-refractivity contribution >= 4 is 17.8 Å². The number of hydrogen-bond donors (Lipinski definition) is 3. The van der Waals surface area contributed by atoms with E-state index in [1.807, 2.05) is 12.1 Å². The van der Waals surface area contributed by atoms with Crippen molar-refractivity contribution in [1.82, 2.24) is 5.01 Å². The van der Waals surface area contributed by atoms with Crippen LogP contribution >= 0.6 is 0 Å². The standard InChI is InChI=1S/C21H17N3O3/c25-18-11-5-1-7-14(18)13-22-24-20(16-9-3-6-12-19(16)26)23-17-10-4-2-8-15(17)21(24)27/h1-13,20,23,25-26H/b22-13+/t20-/m0/s1. The highest BCUT2D eigenvalue weighted by atomic mass is 16.3. The Bertz CT molecular complexity index is 1030. The Kier molecular flexibility index (Phi) is 4.22.